The number of rotatable bonds is 3. The molecule has 1 rings (SSSR count). The Morgan fingerprint density at radius 1 is 1.46 bits per heavy atom. The zero-order valence-electron chi connectivity index (χ0n) is 8.31. The fourth-order valence-corrected chi connectivity index (χ4v) is 1.35. The van der Waals surface area contributed by atoms with Gasteiger partial charge in [0.15, 0.2) is 0 Å². The van der Waals surface area contributed by atoms with Crippen molar-refractivity contribution in [2.24, 2.45) is 0 Å². The number of hydrogen-bond acceptors (Lipinski definition) is 2. The molecule has 1 heterocycles. The number of carbonyl (C=O) groups is 1. The highest BCUT2D eigenvalue weighted by Crippen LogP contribution is 1.93. The van der Waals surface area contributed by atoms with Crippen LogP contribution in [0.1, 0.15) is 19.8 Å². The second-order valence-electron chi connectivity index (χ2n) is 3.32. The largest absolute Gasteiger partial charge is 0.338 e. The van der Waals surface area contributed by atoms with Gasteiger partial charge in [-0.15, -0.1) is 0 Å². The minimum Gasteiger partial charge on any atom is -0.338 e. The van der Waals surface area contributed by atoms with E-state index in [9.17, 15) is 4.79 Å². The van der Waals surface area contributed by atoms with Crippen molar-refractivity contribution in [2.45, 2.75) is 19.8 Å². The number of nitrogens with zero attached hydrogens (tertiary/aromatic N) is 1. The lowest BCUT2D eigenvalue weighted by Gasteiger charge is -2.27. The molecule has 1 aliphatic heterocycles. The van der Waals surface area contributed by atoms with E-state index in [0.717, 1.165) is 45.6 Å². The van der Waals surface area contributed by atoms with Crippen molar-refractivity contribution in [3.8, 4) is 0 Å². The maximum atomic E-state index is 11.5. The molecule has 2 N–H and O–H groups in total. The molecular weight excluding hydrogens is 166 g/mol. The van der Waals surface area contributed by atoms with E-state index in [1.54, 1.807) is 0 Å². The average Bonchev–Trinajstić information content (AvgIpc) is 2.19. The summed E-state index contributed by atoms with van der Waals surface area (Å²) in [7, 11) is 0. The predicted molar refractivity (Wildman–Crippen MR) is 52.7 cm³/mol. The van der Waals surface area contributed by atoms with E-state index >= 15 is 0 Å². The molecule has 0 saturated carbocycles. The van der Waals surface area contributed by atoms with E-state index in [0.29, 0.717) is 0 Å². The highest BCUT2D eigenvalue weighted by atomic mass is 16.2. The Hall–Kier alpha value is -0.770. The van der Waals surface area contributed by atoms with Gasteiger partial charge in [-0.2, -0.15) is 0 Å². The number of piperazine rings is 1. The van der Waals surface area contributed by atoms with Crippen LogP contribution in [-0.4, -0.2) is 43.7 Å². The predicted octanol–water partition coefficient (Wildman–Crippen LogP) is 0.401. The summed E-state index contributed by atoms with van der Waals surface area (Å²) in [5, 5.41) is 6.13. The Kier molecular flexibility index (Phi) is 4.60. The smallest absolute Gasteiger partial charge is 0.317 e. The van der Waals surface area contributed by atoms with Gasteiger partial charge in [0.05, 0.1) is 0 Å². The van der Waals surface area contributed by atoms with Crippen LogP contribution in [0.15, 0.2) is 0 Å². The Morgan fingerprint density at radius 2 is 2.15 bits per heavy atom. The van der Waals surface area contributed by atoms with E-state index in [1.807, 2.05) is 4.90 Å². The second-order valence-corrected chi connectivity index (χ2v) is 3.32. The van der Waals surface area contributed by atoms with E-state index in [1.165, 1.54) is 0 Å². The van der Waals surface area contributed by atoms with Crippen molar-refractivity contribution < 1.29 is 4.79 Å². The summed E-state index contributed by atoms with van der Waals surface area (Å²) >= 11 is 0. The summed E-state index contributed by atoms with van der Waals surface area (Å²) in [4.78, 5) is 13.3. The minimum absolute atomic E-state index is 0.0925. The van der Waals surface area contributed by atoms with Gasteiger partial charge in [-0.25, -0.2) is 4.79 Å². The van der Waals surface area contributed by atoms with Gasteiger partial charge in [-0.05, 0) is 6.42 Å². The lowest BCUT2D eigenvalue weighted by atomic mass is 10.3. The number of urea groups is 1. The molecule has 0 aromatic carbocycles. The SMILES string of the molecule is CCCCNC(=O)N1CCNCC1. The number of hydrogen-bond donors (Lipinski definition) is 2. The first-order chi connectivity index (χ1) is 6.34. The van der Waals surface area contributed by atoms with E-state index in [-0.39, 0.29) is 6.03 Å². The molecule has 0 spiro atoms. The van der Waals surface area contributed by atoms with Crippen LogP contribution in [0, 0.1) is 0 Å². The van der Waals surface area contributed by atoms with Gasteiger partial charge in [0.25, 0.3) is 0 Å². The molecular formula is C9H19N3O. The lowest BCUT2D eigenvalue weighted by Crippen LogP contribution is -2.50. The zero-order valence-corrected chi connectivity index (χ0v) is 8.31. The summed E-state index contributed by atoms with van der Waals surface area (Å²) < 4.78 is 0. The number of carbonyl (C=O) groups excluding carboxylic acids is 1. The summed E-state index contributed by atoms with van der Waals surface area (Å²) in [5.74, 6) is 0. The first kappa shape index (κ1) is 10.3. The summed E-state index contributed by atoms with van der Waals surface area (Å²) in [6.07, 6.45) is 2.19. The normalized spacial score (nSPS) is 17.2. The third-order valence-corrected chi connectivity index (χ3v) is 2.21. The molecule has 4 heteroatoms. The van der Waals surface area contributed by atoms with Gasteiger partial charge in [0.2, 0.25) is 0 Å². The van der Waals surface area contributed by atoms with Gasteiger partial charge < -0.3 is 15.5 Å². The lowest BCUT2D eigenvalue weighted by molar-refractivity contribution is 0.190. The van der Waals surface area contributed by atoms with Crippen molar-refractivity contribution >= 4 is 6.03 Å². The molecule has 0 aromatic rings. The summed E-state index contributed by atoms with van der Waals surface area (Å²) in [5.41, 5.74) is 0. The second kappa shape index (κ2) is 5.80. The van der Waals surface area contributed by atoms with Crippen LogP contribution >= 0.6 is 0 Å². The first-order valence-electron chi connectivity index (χ1n) is 5.08. The van der Waals surface area contributed by atoms with Gasteiger partial charge in [-0.1, -0.05) is 13.3 Å². The number of unbranched alkanes of at least 4 members (excludes halogenated alkanes) is 1. The fourth-order valence-electron chi connectivity index (χ4n) is 1.35. The van der Waals surface area contributed by atoms with Crippen LogP contribution in [0.5, 0.6) is 0 Å². The summed E-state index contributed by atoms with van der Waals surface area (Å²) in [6.45, 7) is 6.43. The quantitative estimate of drug-likeness (QED) is 0.625. The third-order valence-electron chi connectivity index (χ3n) is 2.21. The van der Waals surface area contributed by atoms with Crippen molar-refractivity contribution in [2.75, 3.05) is 32.7 Å². The van der Waals surface area contributed by atoms with Gasteiger partial charge in [0.1, 0.15) is 0 Å². The van der Waals surface area contributed by atoms with Crippen LogP contribution in [0.4, 0.5) is 4.79 Å². The Labute approximate surface area is 79.7 Å². The monoisotopic (exact) mass is 185 g/mol. The van der Waals surface area contributed by atoms with Crippen LogP contribution in [0.3, 0.4) is 0 Å². The van der Waals surface area contributed by atoms with Gasteiger partial charge in [-0.3, -0.25) is 0 Å². The Bertz CT molecular complexity index is 155. The molecule has 0 atom stereocenters. The fraction of sp³-hybridized carbons (Fsp3) is 0.889. The van der Waals surface area contributed by atoms with Crippen LogP contribution in [0.2, 0.25) is 0 Å². The standard InChI is InChI=1S/C9H19N3O/c1-2-3-4-11-9(13)12-7-5-10-6-8-12/h10H,2-8H2,1H3,(H,11,13). The molecule has 76 valence electrons. The van der Waals surface area contributed by atoms with Gasteiger partial charge >= 0.3 is 6.03 Å². The van der Waals surface area contributed by atoms with Crippen molar-refractivity contribution in [3.05, 3.63) is 0 Å². The van der Waals surface area contributed by atoms with Crippen molar-refractivity contribution in [3.63, 3.8) is 0 Å². The van der Waals surface area contributed by atoms with Crippen LogP contribution < -0.4 is 10.6 Å². The maximum Gasteiger partial charge on any atom is 0.317 e. The van der Waals surface area contributed by atoms with E-state index in [4.69, 9.17) is 0 Å². The molecule has 2 amide bonds. The third kappa shape index (κ3) is 3.63. The molecule has 1 fully saturated rings. The van der Waals surface area contributed by atoms with Crippen molar-refractivity contribution in [1.82, 2.24) is 15.5 Å². The maximum absolute atomic E-state index is 11.5. The molecule has 13 heavy (non-hydrogen) atoms. The van der Waals surface area contributed by atoms with Crippen LogP contribution in [-0.2, 0) is 0 Å². The molecule has 1 saturated heterocycles. The molecule has 0 aromatic heterocycles. The van der Waals surface area contributed by atoms with Gasteiger partial charge in [0, 0.05) is 32.7 Å². The summed E-state index contributed by atoms with van der Waals surface area (Å²) in [6, 6.07) is 0.0925. The van der Waals surface area contributed by atoms with Crippen molar-refractivity contribution in [1.29, 1.82) is 0 Å². The Balaban J connectivity index is 2.13. The molecule has 4 nitrogen and oxygen atoms in total. The molecule has 0 radical (unpaired) electrons. The average molecular weight is 185 g/mol. The molecule has 0 bridgehead atoms. The number of amides is 2. The van der Waals surface area contributed by atoms with Crippen LogP contribution in [0.25, 0.3) is 0 Å². The zero-order chi connectivity index (χ0) is 9.52. The number of nitrogens with one attached hydrogen (secondary N) is 2. The molecule has 0 unspecified atom stereocenters. The van der Waals surface area contributed by atoms with E-state index < -0.39 is 0 Å². The van der Waals surface area contributed by atoms with E-state index in [2.05, 4.69) is 17.6 Å². The highest BCUT2D eigenvalue weighted by molar-refractivity contribution is 5.74. The highest BCUT2D eigenvalue weighted by Gasteiger charge is 2.14. The topological polar surface area (TPSA) is 44.4 Å². The Morgan fingerprint density at radius 3 is 2.77 bits per heavy atom. The molecule has 1 aliphatic rings. The first-order valence-corrected chi connectivity index (χ1v) is 5.08. The molecule has 0 aliphatic carbocycles. The minimum atomic E-state index is 0.0925.